The molecular weight excluding hydrogens is 637 g/mol. The van der Waals surface area contributed by atoms with Crippen molar-refractivity contribution < 1.29 is 46.7 Å². The minimum absolute atomic E-state index is 0.0384. The van der Waals surface area contributed by atoms with Crippen LogP contribution >= 0.6 is 0 Å². The molecule has 1 aromatic carbocycles. The molecular formula is C32H47F3N6O7. The van der Waals surface area contributed by atoms with E-state index in [-0.39, 0.29) is 69.5 Å². The van der Waals surface area contributed by atoms with Crippen molar-refractivity contribution in [1.82, 2.24) is 20.9 Å². The van der Waals surface area contributed by atoms with E-state index < -0.39 is 54.0 Å². The van der Waals surface area contributed by atoms with Crippen LogP contribution in [0.25, 0.3) is 0 Å². The maximum Gasteiger partial charge on any atom is 0.403 e. The molecule has 2 rings (SSSR count). The number of hydrogen-bond donors (Lipinski definition) is 5. The number of nitrogens with two attached hydrogens (primary N) is 1. The monoisotopic (exact) mass is 684 g/mol. The molecule has 0 spiro atoms. The molecule has 0 saturated carbocycles. The van der Waals surface area contributed by atoms with Gasteiger partial charge >= 0.3 is 18.2 Å². The molecule has 6 N–H and O–H groups in total. The lowest BCUT2D eigenvalue weighted by Gasteiger charge is -2.30. The average molecular weight is 685 g/mol. The van der Waals surface area contributed by atoms with Crippen molar-refractivity contribution in [2.75, 3.05) is 18.4 Å². The number of unbranched alkanes of at least 4 members (excludes halogenated alkanes) is 2. The average Bonchev–Trinajstić information content (AvgIpc) is 3.24. The third-order valence-corrected chi connectivity index (χ3v) is 7.83. The normalized spacial score (nSPS) is 16.8. The molecule has 1 unspecified atom stereocenters. The Morgan fingerprint density at radius 3 is 2.21 bits per heavy atom. The molecule has 1 aliphatic heterocycles. The van der Waals surface area contributed by atoms with E-state index in [2.05, 4.69) is 21.3 Å². The summed E-state index contributed by atoms with van der Waals surface area (Å²) in [4.78, 5) is 74.0. The third-order valence-electron chi connectivity index (χ3n) is 7.83. The van der Waals surface area contributed by atoms with E-state index in [1.54, 1.807) is 45.0 Å². The quantitative estimate of drug-likeness (QED) is 0.0835. The van der Waals surface area contributed by atoms with E-state index in [9.17, 15) is 41.9 Å². The molecule has 48 heavy (non-hydrogen) atoms. The van der Waals surface area contributed by atoms with Crippen LogP contribution in [0.4, 0.5) is 23.7 Å². The third kappa shape index (κ3) is 13.5. The summed E-state index contributed by atoms with van der Waals surface area (Å²) in [6.07, 6.45) is -3.79. The minimum Gasteiger partial charge on any atom is -0.461 e. The number of nitrogens with zero attached hydrogens (tertiary/aromatic N) is 1. The SMILES string of the molecule is CC(=O)OCc1ccc(NC(=O)[C@H](CCCNC(N)=O)NC(=O)[C@@H](N[C@@H](CCCCCN2C(=O)CC(C)C2=O)C(F)(F)F)C(C)C)cc1. The van der Waals surface area contributed by atoms with Crippen LogP contribution in [-0.2, 0) is 35.3 Å². The summed E-state index contributed by atoms with van der Waals surface area (Å²) in [5.41, 5.74) is 6.13. The standard InChI is InChI=1S/C32H47F3N6O7/c1-19(2)27(40-25(32(33,34)35)10-6-5-7-16-41-26(43)17-20(3)30(41)46)29(45)39-24(9-8-15-37-31(36)47)28(44)38-23-13-11-22(12-14-23)18-48-21(4)42/h11-14,19-20,24-25,27,40H,5-10,15-18H2,1-4H3,(H,38,44)(H,39,45)(H3,36,37,47)/t20?,24-,25-,27-/m0/s1. The van der Waals surface area contributed by atoms with Crippen LogP contribution in [-0.4, -0.2) is 77.9 Å². The molecule has 4 atom stereocenters. The fourth-order valence-corrected chi connectivity index (χ4v) is 5.15. The maximum absolute atomic E-state index is 14.1. The number of esters is 1. The smallest absolute Gasteiger partial charge is 0.403 e. The summed E-state index contributed by atoms with van der Waals surface area (Å²) in [7, 11) is 0. The number of primary amides is 1. The van der Waals surface area contributed by atoms with Crippen LogP contribution in [0.3, 0.4) is 0 Å². The van der Waals surface area contributed by atoms with Gasteiger partial charge in [0.15, 0.2) is 0 Å². The molecule has 1 aromatic rings. The lowest BCUT2D eigenvalue weighted by atomic mass is 9.99. The lowest BCUT2D eigenvalue weighted by Crippen LogP contribution is -2.58. The van der Waals surface area contributed by atoms with Gasteiger partial charge in [-0.1, -0.05) is 45.7 Å². The van der Waals surface area contributed by atoms with Gasteiger partial charge in [-0.05, 0) is 49.3 Å². The fraction of sp³-hybridized carbons (Fsp3) is 0.625. The van der Waals surface area contributed by atoms with Crippen LogP contribution in [0.2, 0.25) is 0 Å². The molecule has 13 nitrogen and oxygen atoms in total. The summed E-state index contributed by atoms with van der Waals surface area (Å²) in [5.74, 6) is -3.42. The number of hydrogen-bond acceptors (Lipinski definition) is 8. The second kappa shape index (κ2) is 19.0. The highest BCUT2D eigenvalue weighted by Gasteiger charge is 2.42. The van der Waals surface area contributed by atoms with Crippen LogP contribution in [0.15, 0.2) is 24.3 Å². The number of anilines is 1. The molecule has 16 heteroatoms. The number of carbonyl (C=O) groups excluding carboxylic acids is 6. The zero-order valence-electron chi connectivity index (χ0n) is 27.8. The van der Waals surface area contributed by atoms with Crippen LogP contribution in [0.5, 0.6) is 0 Å². The van der Waals surface area contributed by atoms with E-state index in [1.807, 2.05) is 0 Å². The van der Waals surface area contributed by atoms with Crippen LogP contribution < -0.4 is 27.0 Å². The lowest BCUT2D eigenvalue weighted by molar-refractivity contribution is -0.161. The molecule has 0 aromatic heterocycles. The first kappa shape index (κ1) is 40.0. The second-order valence-electron chi connectivity index (χ2n) is 12.3. The Balaban J connectivity index is 2.06. The van der Waals surface area contributed by atoms with Crippen molar-refractivity contribution >= 4 is 41.3 Å². The first-order valence-corrected chi connectivity index (χ1v) is 16.0. The van der Waals surface area contributed by atoms with Crippen molar-refractivity contribution in [2.45, 2.75) is 104 Å². The van der Waals surface area contributed by atoms with Gasteiger partial charge < -0.3 is 26.4 Å². The van der Waals surface area contributed by atoms with Crippen molar-refractivity contribution in [2.24, 2.45) is 17.6 Å². The van der Waals surface area contributed by atoms with Gasteiger partial charge in [0.2, 0.25) is 23.6 Å². The fourth-order valence-electron chi connectivity index (χ4n) is 5.15. The number of imide groups is 1. The highest BCUT2D eigenvalue weighted by atomic mass is 19.4. The molecule has 6 amide bonds. The van der Waals surface area contributed by atoms with Gasteiger partial charge in [-0.3, -0.25) is 34.2 Å². The maximum atomic E-state index is 14.1. The van der Waals surface area contributed by atoms with Gasteiger partial charge in [0, 0.05) is 38.0 Å². The highest BCUT2D eigenvalue weighted by Crippen LogP contribution is 2.26. The second-order valence-corrected chi connectivity index (χ2v) is 12.3. The van der Waals surface area contributed by atoms with Crippen LogP contribution in [0.1, 0.15) is 78.2 Å². The Bertz CT molecular complexity index is 1280. The zero-order chi connectivity index (χ0) is 36.0. The summed E-state index contributed by atoms with van der Waals surface area (Å²) < 4.78 is 47.2. The summed E-state index contributed by atoms with van der Waals surface area (Å²) in [5, 5.41) is 10.1. The van der Waals surface area contributed by atoms with Crippen molar-refractivity contribution in [3.8, 4) is 0 Å². The number of halogens is 3. The predicted octanol–water partition coefficient (Wildman–Crippen LogP) is 3.12. The topological polar surface area (TPSA) is 189 Å². The van der Waals surface area contributed by atoms with Crippen molar-refractivity contribution in [3.63, 3.8) is 0 Å². The summed E-state index contributed by atoms with van der Waals surface area (Å²) in [6, 6.07) is 1.12. The highest BCUT2D eigenvalue weighted by molar-refractivity contribution is 6.03. The number of urea groups is 1. The Labute approximate surface area is 278 Å². The molecule has 1 fully saturated rings. The summed E-state index contributed by atoms with van der Waals surface area (Å²) in [6.45, 7) is 6.39. The number of nitrogens with one attached hydrogen (secondary N) is 4. The zero-order valence-corrected chi connectivity index (χ0v) is 27.8. The van der Waals surface area contributed by atoms with Crippen molar-refractivity contribution in [3.05, 3.63) is 29.8 Å². The first-order chi connectivity index (χ1) is 22.5. The Morgan fingerprint density at radius 2 is 1.67 bits per heavy atom. The van der Waals surface area contributed by atoms with Gasteiger partial charge in [-0.2, -0.15) is 13.2 Å². The largest absolute Gasteiger partial charge is 0.461 e. The molecule has 268 valence electrons. The number of likely N-dealkylation sites (tertiary alicyclic amines) is 1. The first-order valence-electron chi connectivity index (χ1n) is 16.0. The summed E-state index contributed by atoms with van der Waals surface area (Å²) >= 11 is 0. The predicted molar refractivity (Wildman–Crippen MR) is 170 cm³/mol. The molecule has 1 aliphatic rings. The number of amides is 6. The van der Waals surface area contributed by atoms with Gasteiger partial charge in [-0.25, -0.2) is 4.79 Å². The van der Waals surface area contributed by atoms with Crippen LogP contribution in [0, 0.1) is 11.8 Å². The molecule has 0 bridgehead atoms. The van der Waals surface area contributed by atoms with E-state index in [1.165, 1.54) is 6.92 Å². The van der Waals surface area contributed by atoms with Gasteiger partial charge in [0.1, 0.15) is 18.7 Å². The Kier molecular flexibility index (Phi) is 15.8. The van der Waals surface area contributed by atoms with E-state index in [0.29, 0.717) is 24.1 Å². The van der Waals surface area contributed by atoms with Gasteiger partial charge in [0.05, 0.1) is 6.04 Å². The van der Waals surface area contributed by atoms with Gasteiger partial charge in [-0.15, -0.1) is 0 Å². The van der Waals surface area contributed by atoms with Crippen molar-refractivity contribution in [1.29, 1.82) is 0 Å². The molecule has 0 aliphatic carbocycles. The molecule has 1 saturated heterocycles. The Hall–Kier alpha value is -4.21. The molecule has 1 heterocycles. The number of benzene rings is 1. The minimum atomic E-state index is -4.68. The number of alkyl halides is 3. The van der Waals surface area contributed by atoms with Gasteiger partial charge in [0.25, 0.3) is 0 Å². The molecule has 0 radical (unpaired) electrons. The van der Waals surface area contributed by atoms with E-state index in [4.69, 9.17) is 10.5 Å². The number of rotatable bonds is 19. The van der Waals surface area contributed by atoms with E-state index >= 15 is 0 Å². The Morgan fingerprint density at radius 1 is 1.00 bits per heavy atom. The number of ether oxygens (including phenoxy) is 1. The van der Waals surface area contributed by atoms with E-state index in [0.717, 1.165) is 4.90 Å². The number of carbonyl (C=O) groups is 6.